The summed E-state index contributed by atoms with van der Waals surface area (Å²) < 4.78 is 61.2. The first kappa shape index (κ1) is 101. The van der Waals surface area contributed by atoms with Crippen LogP contribution < -0.4 is 0 Å². The molecule has 107 heavy (non-hydrogen) atoms. The number of hydrogen-bond acceptors (Lipinski definition) is 14. The number of ether oxygens (including phenoxy) is 3. The van der Waals surface area contributed by atoms with Gasteiger partial charge in [0, 0.05) is 19.3 Å². The van der Waals surface area contributed by atoms with Gasteiger partial charge in [-0.05, 0) is 154 Å². The van der Waals surface area contributed by atoms with Gasteiger partial charge in [0.1, 0.15) is 25.4 Å². The summed E-state index contributed by atoms with van der Waals surface area (Å²) in [5, 5.41) is 20.7. The molecular formula is C89H144O16P2. The van der Waals surface area contributed by atoms with E-state index >= 15 is 0 Å². The maximum absolute atomic E-state index is 13.0. The summed E-state index contributed by atoms with van der Waals surface area (Å²) in [6.45, 7) is 2.24. The summed E-state index contributed by atoms with van der Waals surface area (Å²) >= 11 is 0. The second-order valence-corrected chi connectivity index (χ2v) is 29.3. The van der Waals surface area contributed by atoms with Crippen molar-refractivity contribution in [1.82, 2.24) is 0 Å². The van der Waals surface area contributed by atoms with Crippen molar-refractivity contribution in [2.75, 3.05) is 39.6 Å². The lowest BCUT2D eigenvalue weighted by Crippen LogP contribution is -2.30. The third-order valence-electron chi connectivity index (χ3n) is 16.3. The highest BCUT2D eigenvalue weighted by Gasteiger charge is 2.29. The highest BCUT2D eigenvalue weighted by atomic mass is 31.2. The minimum atomic E-state index is -4.96. The highest BCUT2D eigenvalue weighted by Crippen LogP contribution is 2.45. The van der Waals surface area contributed by atoms with Crippen molar-refractivity contribution < 1.29 is 75.8 Å². The van der Waals surface area contributed by atoms with Crippen LogP contribution in [-0.2, 0) is 55.8 Å². The first-order valence-corrected chi connectivity index (χ1v) is 43.7. The smallest absolute Gasteiger partial charge is 0.463 e. The van der Waals surface area contributed by atoms with Gasteiger partial charge >= 0.3 is 33.6 Å². The molecule has 0 rings (SSSR count). The molecular weight excluding hydrogens is 1390 g/mol. The minimum Gasteiger partial charge on any atom is -0.463 e. The molecule has 18 heteroatoms. The number of phosphoric acid groups is 2. The topological polar surface area (TPSA) is 231 Å². The first-order valence-electron chi connectivity index (χ1n) is 40.7. The summed E-state index contributed by atoms with van der Waals surface area (Å²) in [6.07, 6.45) is 105. The van der Waals surface area contributed by atoms with Crippen molar-refractivity contribution in [1.29, 1.82) is 0 Å². The predicted molar refractivity (Wildman–Crippen MR) is 444 cm³/mol. The Labute approximate surface area is 648 Å². The molecule has 0 aromatic heterocycles. The standard InChI is InChI=1S/C89H144O16P2/c1-4-7-10-13-16-19-22-25-28-31-33-35-37-39-41-43-45-47-49-52-54-57-60-63-66-69-72-75-87(92)99-78-84(90)79-101-106(95,96)102-80-85(91)81-103-107(97,98)104-83-86(105-89(94)77-74-71-68-65-62-59-56-51-30-27-24-21-18-15-12-9-6-3)82-100-88(93)76-73-70-67-64-61-58-55-53-50-48-46-44-42-40-38-36-34-32-29-26-23-20-17-14-11-8-5-2/h7-12,16-21,25-30,33-36,39-42,45,47,56,59,65,68,84-86,90-91H,4-6,13-15,22-24,31-32,37-38,43-44,46,48-55,57-58,60-64,66-67,69-83H2,1-3H3,(H,95,96)(H,97,98)/b10-7-,11-8-,12-9-,19-16-,20-17-,21-18-,28-25-,29-26-,30-27-,35-33-,36-34-,41-39-,42-40-,47-45-,59-56-,68-65-. The molecule has 0 aromatic carbocycles. The molecule has 0 saturated carbocycles. The van der Waals surface area contributed by atoms with Crippen LogP contribution in [0.4, 0.5) is 0 Å². The van der Waals surface area contributed by atoms with Crippen LogP contribution in [0.25, 0.3) is 0 Å². The molecule has 0 saturated heterocycles. The van der Waals surface area contributed by atoms with E-state index in [2.05, 4.69) is 203 Å². The van der Waals surface area contributed by atoms with Gasteiger partial charge in [-0.3, -0.25) is 32.5 Å². The number of esters is 3. The van der Waals surface area contributed by atoms with E-state index in [1.54, 1.807) is 0 Å². The van der Waals surface area contributed by atoms with E-state index in [-0.39, 0.29) is 19.3 Å². The summed E-state index contributed by atoms with van der Waals surface area (Å²) in [5.41, 5.74) is 0. The van der Waals surface area contributed by atoms with Crippen LogP contribution in [0.2, 0.25) is 0 Å². The van der Waals surface area contributed by atoms with Gasteiger partial charge < -0.3 is 34.2 Å². The highest BCUT2D eigenvalue weighted by molar-refractivity contribution is 7.47. The Kier molecular flexibility index (Phi) is 75.7. The SMILES string of the molecule is CC/C=C\C/C=C\C/C=C\C/C=C\C/C=C\C/C=C\CCCCCCCCCCC(=O)OCC(O)COP(=O)(O)OCC(O)COP(=O)(O)OCC(COC(=O)CCCCCCCCCCCCC/C=C\C/C=C\C/C=C\C/C=C\C/C=C\CC)OC(=O)CCC/C=C\C/C=C\C/C=C\C/C=C\C/C=C\CC. The molecule has 0 aliphatic carbocycles. The van der Waals surface area contributed by atoms with Crippen molar-refractivity contribution in [3.8, 4) is 0 Å². The van der Waals surface area contributed by atoms with E-state index < -0.39 is 91.5 Å². The quantitative estimate of drug-likeness (QED) is 0.0146. The van der Waals surface area contributed by atoms with Crippen molar-refractivity contribution >= 4 is 33.6 Å². The molecule has 0 heterocycles. The van der Waals surface area contributed by atoms with Crippen molar-refractivity contribution in [2.24, 2.45) is 0 Å². The molecule has 0 amide bonds. The molecule has 0 spiro atoms. The van der Waals surface area contributed by atoms with Gasteiger partial charge in [0.05, 0.1) is 26.4 Å². The van der Waals surface area contributed by atoms with E-state index in [1.807, 2.05) is 12.2 Å². The lowest BCUT2D eigenvalue weighted by atomic mass is 10.0. The minimum absolute atomic E-state index is 0.0187. The third kappa shape index (κ3) is 81.2. The molecule has 0 aliphatic rings. The van der Waals surface area contributed by atoms with Crippen LogP contribution in [-0.4, -0.2) is 95.9 Å². The zero-order valence-corrected chi connectivity index (χ0v) is 68.0. The van der Waals surface area contributed by atoms with Crippen LogP contribution >= 0.6 is 15.6 Å². The molecule has 606 valence electrons. The van der Waals surface area contributed by atoms with Gasteiger partial charge in [0.2, 0.25) is 0 Å². The Morgan fingerprint density at radius 2 is 0.477 bits per heavy atom. The Bertz CT molecular complexity index is 2720. The number of aliphatic hydroxyl groups excluding tert-OH is 2. The fourth-order valence-electron chi connectivity index (χ4n) is 10.2. The van der Waals surface area contributed by atoms with Crippen LogP contribution in [0.5, 0.6) is 0 Å². The van der Waals surface area contributed by atoms with Crippen LogP contribution in [0.15, 0.2) is 194 Å². The zero-order chi connectivity index (χ0) is 78.0. The normalized spacial score (nSPS) is 14.9. The molecule has 0 aromatic rings. The van der Waals surface area contributed by atoms with Gasteiger partial charge in [-0.2, -0.15) is 0 Å². The Balaban J connectivity index is 4.66. The lowest BCUT2D eigenvalue weighted by molar-refractivity contribution is -0.161. The fourth-order valence-corrected chi connectivity index (χ4v) is 11.8. The van der Waals surface area contributed by atoms with Gasteiger partial charge in [-0.15, -0.1) is 0 Å². The average Bonchev–Trinajstić information content (AvgIpc) is 0.908. The average molecular weight is 1530 g/mol. The van der Waals surface area contributed by atoms with Crippen molar-refractivity contribution in [3.63, 3.8) is 0 Å². The number of allylic oxidation sites excluding steroid dienone is 32. The summed E-state index contributed by atoms with van der Waals surface area (Å²) in [4.78, 5) is 58.7. The number of carbonyl (C=O) groups is 3. The van der Waals surface area contributed by atoms with Crippen molar-refractivity contribution in [3.05, 3.63) is 194 Å². The van der Waals surface area contributed by atoms with Crippen LogP contribution in [0.1, 0.15) is 290 Å². The molecule has 0 radical (unpaired) electrons. The zero-order valence-electron chi connectivity index (χ0n) is 66.2. The number of hydrogen-bond donors (Lipinski definition) is 4. The maximum Gasteiger partial charge on any atom is 0.472 e. The second kappa shape index (κ2) is 79.9. The molecule has 5 atom stereocenters. The van der Waals surface area contributed by atoms with E-state index in [0.29, 0.717) is 25.7 Å². The second-order valence-electron chi connectivity index (χ2n) is 26.4. The molecule has 4 N–H and O–H groups in total. The van der Waals surface area contributed by atoms with E-state index in [1.165, 1.54) is 57.8 Å². The monoisotopic (exact) mass is 1530 g/mol. The molecule has 0 bridgehead atoms. The molecule has 0 fully saturated rings. The summed E-state index contributed by atoms with van der Waals surface area (Å²) in [6, 6.07) is 0. The fraction of sp³-hybridized carbons (Fsp3) is 0.607. The third-order valence-corrected chi connectivity index (χ3v) is 18.2. The van der Waals surface area contributed by atoms with Gasteiger partial charge in [-0.25, -0.2) is 9.13 Å². The number of carbonyl (C=O) groups excluding carboxylic acids is 3. The predicted octanol–water partition coefficient (Wildman–Crippen LogP) is 24.3. The summed E-state index contributed by atoms with van der Waals surface area (Å²) in [7, 11) is -9.83. The number of rotatable bonds is 75. The van der Waals surface area contributed by atoms with E-state index in [9.17, 15) is 43.5 Å². The van der Waals surface area contributed by atoms with Gasteiger partial charge in [0.15, 0.2) is 6.10 Å². The maximum atomic E-state index is 13.0. The first-order chi connectivity index (χ1) is 52.2. The number of unbranched alkanes of at least 4 members (excludes halogenated alkanes) is 20. The van der Waals surface area contributed by atoms with Crippen molar-refractivity contribution in [2.45, 2.75) is 309 Å². The van der Waals surface area contributed by atoms with Crippen LogP contribution in [0.3, 0.4) is 0 Å². The Morgan fingerprint density at radius 1 is 0.262 bits per heavy atom. The van der Waals surface area contributed by atoms with Gasteiger partial charge in [-0.1, -0.05) is 312 Å². The number of phosphoric ester groups is 2. The van der Waals surface area contributed by atoms with Gasteiger partial charge in [0.25, 0.3) is 0 Å². The summed E-state index contributed by atoms with van der Waals surface area (Å²) in [5.74, 6) is -1.66. The van der Waals surface area contributed by atoms with E-state index in [4.69, 9.17) is 32.3 Å². The Morgan fingerprint density at radius 3 is 0.766 bits per heavy atom. The Hall–Kier alpha value is -5.61. The number of aliphatic hydroxyl groups is 2. The van der Waals surface area contributed by atoms with E-state index in [0.717, 1.165) is 167 Å². The van der Waals surface area contributed by atoms with Crippen LogP contribution in [0, 0.1) is 0 Å². The lowest BCUT2D eigenvalue weighted by Gasteiger charge is -2.21. The molecule has 16 nitrogen and oxygen atoms in total. The molecule has 0 aliphatic heterocycles. The molecule has 5 unspecified atom stereocenters. The largest absolute Gasteiger partial charge is 0.472 e.